The fourth-order valence-electron chi connectivity index (χ4n) is 2.49. The fourth-order valence-corrected chi connectivity index (χ4v) is 3.12. The number of thiophene rings is 1. The second-order valence-electron chi connectivity index (χ2n) is 5.08. The molecule has 22 heavy (non-hydrogen) atoms. The van der Waals surface area contributed by atoms with Crippen LogP contribution in [0.3, 0.4) is 0 Å². The van der Waals surface area contributed by atoms with Crippen molar-refractivity contribution in [2.75, 3.05) is 31.2 Å². The molecule has 112 valence electrons. The highest BCUT2D eigenvalue weighted by Crippen LogP contribution is 2.25. The lowest BCUT2D eigenvalue weighted by molar-refractivity contribution is 0.122. The van der Waals surface area contributed by atoms with Crippen LogP contribution in [0.25, 0.3) is 22.8 Å². The molecule has 6 heteroatoms. The maximum Gasteiger partial charge on any atom is 0.259 e. The number of anilines is 1. The highest BCUT2D eigenvalue weighted by Gasteiger charge is 2.13. The van der Waals surface area contributed by atoms with Crippen molar-refractivity contribution in [3.8, 4) is 22.8 Å². The highest BCUT2D eigenvalue weighted by atomic mass is 32.1. The van der Waals surface area contributed by atoms with E-state index in [1.54, 1.807) is 11.3 Å². The lowest BCUT2D eigenvalue weighted by atomic mass is 10.2. The molecule has 1 saturated heterocycles. The number of benzene rings is 1. The zero-order valence-electron chi connectivity index (χ0n) is 11.9. The first-order chi connectivity index (χ1) is 10.9. The predicted octanol–water partition coefficient (Wildman–Crippen LogP) is 3.30. The van der Waals surface area contributed by atoms with Crippen LogP contribution >= 0.6 is 11.3 Å². The van der Waals surface area contributed by atoms with Crippen molar-refractivity contribution in [3.05, 3.63) is 41.1 Å². The van der Waals surface area contributed by atoms with E-state index in [0.29, 0.717) is 11.7 Å². The molecular weight excluding hydrogens is 298 g/mol. The Kier molecular flexibility index (Phi) is 3.62. The third-order valence-corrected chi connectivity index (χ3v) is 4.38. The van der Waals surface area contributed by atoms with Gasteiger partial charge in [-0.15, -0.1) is 0 Å². The summed E-state index contributed by atoms with van der Waals surface area (Å²) in [6.07, 6.45) is 0. The second kappa shape index (κ2) is 5.90. The van der Waals surface area contributed by atoms with Crippen LogP contribution < -0.4 is 4.90 Å². The van der Waals surface area contributed by atoms with Gasteiger partial charge in [-0.1, -0.05) is 5.16 Å². The molecule has 0 saturated carbocycles. The molecule has 4 rings (SSSR count). The monoisotopic (exact) mass is 313 g/mol. The molecule has 1 aliphatic heterocycles. The largest absolute Gasteiger partial charge is 0.378 e. The minimum Gasteiger partial charge on any atom is -0.378 e. The molecule has 0 bridgehead atoms. The number of morpholine rings is 1. The number of rotatable bonds is 3. The van der Waals surface area contributed by atoms with E-state index >= 15 is 0 Å². The summed E-state index contributed by atoms with van der Waals surface area (Å²) in [5.41, 5.74) is 3.13. The van der Waals surface area contributed by atoms with Gasteiger partial charge in [-0.05, 0) is 35.7 Å². The Hall–Kier alpha value is -2.18. The van der Waals surface area contributed by atoms with Gasteiger partial charge >= 0.3 is 0 Å². The molecule has 0 atom stereocenters. The van der Waals surface area contributed by atoms with Crippen molar-refractivity contribution in [1.82, 2.24) is 10.1 Å². The lowest BCUT2D eigenvalue weighted by Gasteiger charge is -2.28. The van der Waals surface area contributed by atoms with E-state index in [1.165, 1.54) is 5.69 Å². The van der Waals surface area contributed by atoms with E-state index < -0.39 is 0 Å². The van der Waals surface area contributed by atoms with Gasteiger partial charge in [-0.2, -0.15) is 16.3 Å². The van der Waals surface area contributed by atoms with E-state index in [9.17, 15) is 0 Å². The third-order valence-electron chi connectivity index (χ3n) is 3.70. The van der Waals surface area contributed by atoms with Gasteiger partial charge in [0.05, 0.1) is 18.8 Å². The van der Waals surface area contributed by atoms with Crippen LogP contribution in [0.15, 0.2) is 45.6 Å². The molecule has 0 aliphatic carbocycles. The van der Waals surface area contributed by atoms with Crippen molar-refractivity contribution in [1.29, 1.82) is 0 Å². The number of nitrogens with zero attached hydrogens (tertiary/aromatic N) is 3. The lowest BCUT2D eigenvalue weighted by Crippen LogP contribution is -2.36. The molecule has 5 nitrogen and oxygen atoms in total. The number of aromatic nitrogens is 2. The Morgan fingerprint density at radius 2 is 1.82 bits per heavy atom. The van der Waals surface area contributed by atoms with Crippen molar-refractivity contribution in [2.45, 2.75) is 0 Å². The van der Waals surface area contributed by atoms with Crippen LogP contribution in [0.2, 0.25) is 0 Å². The Balaban J connectivity index is 1.55. The standard InChI is InChI=1S/C16H15N3O2S/c1-3-14(19-6-8-20-9-7-19)4-2-12(1)15-17-16(21-18-15)13-5-10-22-11-13/h1-5,10-11H,6-9H2. The Morgan fingerprint density at radius 1 is 1.00 bits per heavy atom. The smallest absolute Gasteiger partial charge is 0.259 e. The van der Waals surface area contributed by atoms with E-state index in [2.05, 4.69) is 27.2 Å². The van der Waals surface area contributed by atoms with Crippen LogP contribution in [0.1, 0.15) is 0 Å². The number of hydrogen-bond acceptors (Lipinski definition) is 6. The first kappa shape index (κ1) is 13.5. The van der Waals surface area contributed by atoms with Gasteiger partial charge < -0.3 is 14.2 Å². The van der Waals surface area contributed by atoms with E-state index in [4.69, 9.17) is 9.26 Å². The Morgan fingerprint density at radius 3 is 2.55 bits per heavy atom. The molecule has 1 aromatic carbocycles. The average molecular weight is 313 g/mol. The van der Waals surface area contributed by atoms with E-state index in [-0.39, 0.29) is 0 Å². The quantitative estimate of drug-likeness (QED) is 0.742. The Bertz CT molecular complexity index is 731. The van der Waals surface area contributed by atoms with Gasteiger partial charge in [0.15, 0.2) is 0 Å². The number of hydrogen-bond donors (Lipinski definition) is 0. The molecule has 0 spiro atoms. The molecule has 1 fully saturated rings. The first-order valence-corrected chi connectivity index (χ1v) is 8.14. The average Bonchev–Trinajstić information content (AvgIpc) is 3.27. The molecule has 0 N–H and O–H groups in total. The maximum atomic E-state index is 5.38. The summed E-state index contributed by atoms with van der Waals surface area (Å²) in [4.78, 5) is 6.78. The van der Waals surface area contributed by atoms with Gasteiger partial charge in [0, 0.05) is 29.7 Å². The van der Waals surface area contributed by atoms with E-state index in [1.807, 2.05) is 29.0 Å². The van der Waals surface area contributed by atoms with Gasteiger partial charge in [0.1, 0.15) is 0 Å². The van der Waals surface area contributed by atoms with Crippen molar-refractivity contribution >= 4 is 17.0 Å². The van der Waals surface area contributed by atoms with Crippen LogP contribution in [0.4, 0.5) is 5.69 Å². The van der Waals surface area contributed by atoms with Gasteiger partial charge in [0.25, 0.3) is 5.89 Å². The minimum atomic E-state index is 0.563. The number of ether oxygens (including phenoxy) is 1. The minimum absolute atomic E-state index is 0.563. The molecule has 0 radical (unpaired) electrons. The van der Waals surface area contributed by atoms with Crippen molar-refractivity contribution in [3.63, 3.8) is 0 Å². The summed E-state index contributed by atoms with van der Waals surface area (Å²) in [6.45, 7) is 3.45. The third kappa shape index (κ3) is 2.63. The second-order valence-corrected chi connectivity index (χ2v) is 5.86. The molecule has 0 unspecified atom stereocenters. The van der Waals surface area contributed by atoms with Crippen molar-refractivity contribution < 1.29 is 9.26 Å². The summed E-state index contributed by atoms with van der Waals surface area (Å²) in [7, 11) is 0. The summed E-state index contributed by atoms with van der Waals surface area (Å²) < 4.78 is 10.7. The summed E-state index contributed by atoms with van der Waals surface area (Å²) in [6, 6.07) is 10.2. The summed E-state index contributed by atoms with van der Waals surface area (Å²) in [5, 5.41) is 8.06. The van der Waals surface area contributed by atoms with Crippen LogP contribution in [0.5, 0.6) is 0 Å². The predicted molar refractivity (Wildman–Crippen MR) is 86.1 cm³/mol. The molecule has 3 heterocycles. The molecule has 1 aliphatic rings. The first-order valence-electron chi connectivity index (χ1n) is 7.19. The SMILES string of the molecule is c1cc(-c2nc(-c3ccc(N4CCOCC4)cc3)no2)cs1. The highest BCUT2D eigenvalue weighted by molar-refractivity contribution is 7.08. The van der Waals surface area contributed by atoms with E-state index in [0.717, 1.165) is 37.4 Å². The molecular formula is C16H15N3O2S. The van der Waals surface area contributed by atoms with Gasteiger partial charge in [-0.3, -0.25) is 0 Å². The van der Waals surface area contributed by atoms with Gasteiger partial charge in [-0.25, -0.2) is 0 Å². The fraction of sp³-hybridized carbons (Fsp3) is 0.250. The maximum absolute atomic E-state index is 5.38. The van der Waals surface area contributed by atoms with Gasteiger partial charge in [0.2, 0.25) is 5.82 Å². The topological polar surface area (TPSA) is 51.4 Å². The van der Waals surface area contributed by atoms with Crippen LogP contribution in [-0.2, 0) is 4.74 Å². The summed E-state index contributed by atoms with van der Waals surface area (Å²) >= 11 is 1.61. The molecule has 3 aromatic rings. The van der Waals surface area contributed by atoms with Crippen LogP contribution in [-0.4, -0.2) is 36.4 Å². The normalized spacial score (nSPS) is 15.2. The Labute approximate surface area is 132 Å². The van der Waals surface area contributed by atoms with Crippen LogP contribution in [0, 0.1) is 0 Å². The zero-order valence-corrected chi connectivity index (χ0v) is 12.8. The molecule has 2 aromatic heterocycles. The zero-order chi connectivity index (χ0) is 14.8. The summed E-state index contributed by atoms with van der Waals surface area (Å²) in [5.74, 6) is 1.18. The molecule has 0 amide bonds. The van der Waals surface area contributed by atoms with Crippen molar-refractivity contribution in [2.24, 2.45) is 0 Å².